The fourth-order valence-electron chi connectivity index (χ4n) is 1.30. The van der Waals surface area contributed by atoms with Crippen LogP contribution in [0, 0.1) is 5.82 Å². The van der Waals surface area contributed by atoms with Gasteiger partial charge in [-0.05, 0) is 45.0 Å². The van der Waals surface area contributed by atoms with Crippen LogP contribution in [0.3, 0.4) is 0 Å². The number of halogens is 1. The Morgan fingerprint density at radius 2 is 2.00 bits per heavy atom. The molecule has 5 heteroatoms. The molecule has 1 atom stereocenters. The Labute approximate surface area is 106 Å². The highest BCUT2D eigenvalue weighted by atomic mass is 19.1. The van der Waals surface area contributed by atoms with Gasteiger partial charge < -0.3 is 15.2 Å². The molecular formula is C13H18FNO3. The van der Waals surface area contributed by atoms with Crippen LogP contribution in [0.2, 0.25) is 0 Å². The molecule has 0 bridgehead atoms. The molecule has 1 aromatic carbocycles. The zero-order valence-corrected chi connectivity index (χ0v) is 10.7. The predicted molar refractivity (Wildman–Crippen MR) is 65.8 cm³/mol. The molecule has 100 valence electrons. The van der Waals surface area contributed by atoms with Gasteiger partial charge in [0.15, 0.2) is 5.60 Å². The van der Waals surface area contributed by atoms with E-state index in [1.165, 1.54) is 24.3 Å². The van der Waals surface area contributed by atoms with Gasteiger partial charge >= 0.3 is 0 Å². The number of hydrogen-bond acceptors (Lipinski definition) is 3. The van der Waals surface area contributed by atoms with Crippen LogP contribution in [0.1, 0.15) is 20.8 Å². The fraction of sp³-hybridized carbons (Fsp3) is 0.462. The Hall–Kier alpha value is -1.62. The summed E-state index contributed by atoms with van der Waals surface area (Å²) in [7, 11) is 0. The summed E-state index contributed by atoms with van der Waals surface area (Å²) in [5.41, 5.74) is -1.09. The van der Waals surface area contributed by atoms with Crippen molar-refractivity contribution in [3.63, 3.8) is 0 Å². The summed E-state index contributed by atoms with van der Waals surface area (Å²) in [4.78, 5) is 11.8. The first-order valence-electron chi connectivity index (χ1n) is 5.72. The van der Waals surface area contributed by atoms with E-state index in [2.05, 4.69) is 5.32 Å². The molecule has 0 unspecified atom stereocenters. The quantitative estimate of drug-likeness (QED) is 0.838. The van der Waals surface area contributed by atoms with Crippen molar-refractivity contribution in [2.45, 2.75) is 32.5 Å². The monoisotopic (exact) mass is 255 g/mol. The van der Waals surface area contributed by atoms with E-state index >= 15 is 0 Å². The molecule has 0 radical (unpaired) electrons. The van der Waals surface area contributed by atoms with Crippen molar-refractivity contribution in [1.82, 2.24) is 5.32 Å². The van der Waals surface area contributed by atoms with E-state index in [4.69, 9.17) is 9.84 Å². The van der Waals surface area contributed by atoms with Crippen molar-refractivity contribution in [2.24, 2.45) is 0 Å². The second kappa shape index (κ2) is 5.82. The third-order valence-corrected chi connectivity index (χ3v) is 2.29. The van der Waals surface area contributed by atoms with Gasteiger partial charge in [-0.1, -0.05) is 0 Å². The maximum absolute atomic E-state index is 12.7. The van der Waals surface area contributed by atoms with Crippen molar-refractivity contribution < 1.29 is 19.0 Å². The van der Waals surface area contributed by atoms with E-state index in [0.717, 1.165) is 0 Å². The number of ether oxygens (including phenoxy) is 1. The molecule has 0 heterocycles. The SMILES string of the molecule is C[C@H](O)CNC(=O)C(C)(C)Oc1ccc(F)cc1. The molecule has 0 spiro atoms. The minimum absolute atomic E-state index is 0.162. The molecule has 18 heavy (non-hydrogen) atoms. The highest BCUT2D eigenvalue weighted by Crippen LogP contribution is 2.18. The Kier molecular flexibility index (Phi) is 4.67. The van der Waals surface area contributed by atoms with Crippen LogP contribution < -0.4 is 10.1 Å². The standard InChI is InChI=1S/C13H18FNO3/c1-9(16)8-15-12(17)13(2,3)18-11-6-4-10(14)5-7-11/h4-7,9,16H,8H2,1-3H3,(H,15,17)/t9-/m0/s1. The first-order valence-corrected chi connectivity index (χ1v) is 5.72. The third-order valence-electron chi connectivity index (χ3n) is 2.29. The first kappa shape index (κ1) is 14.4. The van der Waals surface area contributed by atoms with Gasteiger partial charge in [0.05, 0.1) is 6.10 Å². The fourth-order valence-corrected chi connectivity index (χ4v) is 1.30. The Morgan fingerprint density at radius 3 is 2.50 bits per heavy atom. The number of rotatable bonds is 5. The van der Waals surface area contributed by atoms with Crippen LogP contribution in [0.15, 0.2) is 24.3 Å². The molecule has 0 aromatic heterocycles. The van der Waals surface area contributed by atoms with E-state index in [1.807, 2.05) is 0 Å². The molecule has 0 fully saturated rings. The largest absolute Gasteiger partial charge is 0.478 e. The molecule has 0 saturated carbocycles. The molecule has 1 amide bonds. The topological polar surface area (TPSA) is 58.6 Å². The molecule has 0 aliphatic heterocycles. The molecule has 0 aliphatic carbocycles. The number of aliphatic hydroxyl groups excluding tert-OH is 1. The smallest absolute Gasteiger partial charge is 0.263 e. The van der Waals surface area contributed by atoms with Gasteiger partial charge in [0.2, 0.25) is 0 Å². The molecular weight excluding hydrogens is 237 g/mol. The molecule has 0 saturated heterocycles. The van der Waals surface area contributed by atoms with Gasteiger partial charge in [0.1, 0.15) is 11.6 Å². The lowest BCUT2D eigenvalue weighted by molar-refractivity contribution is -0.134. The van der Waals surface area contributed by atoms with Crippen LogP contribution in [-0.4, -0.2) is 29.3 Å². The van der Waals surface area contributed by atoms with Crippen molar-refractivity contribution >= 4 is 5.91 Å². The predicted octanol–water partition coefficient (Wildman–Crippen LogP) is 1.48. The third kappa shape index (κ3) is 4.33. The average molecular weight is 255 g/mol. The van der Waals surface area contributed by atoms with E-state index in [9.17, 15) is 9.18 Å². The lowest BCUT2D eigenvalue weighted by atomic mass is 10.1. The summed E-state index contributed by atoms with van der Waals surface area (Å²) >= 11 is 0. The molecule has 2 N–H and O–H groups in total. The molecule has 0 aliphatic rings. The maximum Gasteiger partial charge on any atom is 0.263 e. The van der Waals surface area contributed by atoms with Gasteiger partial charge in [-0.3, -0.25) is 4.79 Å². The number of benzene rings is 1. The van der Waals surface area contributed by atoms with Gasteiger partial charge in [-0.15, -0.1) is 0 Å². The van der Waals surface area contributed by atoms with Crippen molar-refractivity contribution in [3.8, 4) is 5.75 Å². The van der Waals surface area contributed by atoms with Crippen LogP contribution in [0.5, 0.6) is 5.75 Å². The maximum atomic E-state index is 12.7. The van der Waals surface area contributed by atoms with Crippen LogP contribution in [0.25, 0.3) is 0 Å². The Balaban J connectivity index is 2.63. The minimum Gasteiger partial charge on any atom is -0.478 e. The van der Waals surface area contributed by atoms with Crippen molar-refractivity contribution in [2.75, 3.05) is 6.54 Å². The van der Waals surface area contributed by atoms with Crippen LogP contribution >= 0.6 is 0 Å². The summed E-state index contributed by atoms with van der Waals surface area (Å²) in [6.45, 7) is 4.95. The summed E-state index contributed by atoms with van der Waals surface area (Å²) in [5.74, 6) is -0.292. The van der Waals surface area contributed by atoms with Gasteiger partial charge in [0, 0.05) is 6.54 Å². The zero-order chi connectivity index (χ0) is 13.8. The minimum atomic E-state index is -1.09. The summed E-state index contributed by atoms with van der Waals surface area (Å²) in [5, 5.41) is 11.7. The highest BCUT2D eigenvalue weighted by molar-refractivity contribution is 5.84. The van der Waals surface area contributed by atoms with E-state index < -0.39 is 11.7 Å². The average Bonchev–Trinajstić information content (AvgIpc) is 2.28. The van der Waals surface area contributed by atoms with Crippen molar-refractivity contribution in [1.29, 1.82) is 0 Å². The summed E-state index contributed by atoms with van der Waals surface area (Å²) in [6, 6.07) is 5.44. The van der Waals surface area contributed by atoms with Gasteiger partial charge in [-0.25, -0.2) is 4.39 Å². The van der Waals surface area contributed by atoms with Crippen molar-refractivity contribution in [3.05, 3.63) is 30.1 Å². The number of hydrogen-bond donors (Lipinski definition) is 2. The number of carbonyl (C=O) groups excluding carboxylic acids is 1. The second-order valence-electron chi connectivity index (χ2n) is 4.63. The molecule has 4 nitrogen and oxygen atoms in total. The normalized spacial score (nSPS) is 12.9. The summed E-state index contributed by atoms with van der Waals surface area (Å²) < 4.78 is 18.2. The Bertz CT molecular complexity index is 401. The van der Waals surface area contributed by atoms with E-state index in [1.54, 1.807) is 20.8 Å². The number of nitrogens with one attached hydrogen (secondary N) is 1. The molecule has 1 aromatic rings. The van der Waals surface area contributed by atoms with E-state index in [-0.39, 0.29) is 18.3 Å². The van der Waals surface area contributed by atoms with E-state index in [0.29, 0.717) is 5.75 Å². The lowest BCUT2D eigenvalue weighted by Crippen LogP contribution is -2.48. The van der Waals surface area contributed by atoms with Gasteiger partial charge in [-0.2, -0.15) is 0 Å². The first-order chi connectivity index (χ1) is 8.31. The second-order valence-corrected chi connectivity index (χ2v) is 4.63. The summed E-state index contributed by atoms with van der Waals surface area (Å²) in [6.07, 6.45) is -0.615. The number of carbonyl (C=O) groups is 1. The van der Waals surface area contributed by atoms with Crippen LogP contribution in [0.4, 0.5) is 4.39 Å². The molecule has 1 rings (SSSR count). The highest BCUT2D eigenvalue weighted by Gasteiger charge is 2.29. The van der Waals surface area contributed by atoms with Crippen LogP contribution in [-0.2, 0) is 4.79 Å². The number of aliphatic hydroxyl groups is 1. The lowest BCUT2D eigenvalue weighted by Gasteiger charge is -2.25. The Morgan fingerprint density at radius 1 is 1.44 bits per heavy atom. The number of amides is 1. The van der Waals surface area contributed by atoms with Gasteiger partial charge in [0.25, 0.3) is 5.91 Å². The zero-order valence-electron chi connectivity index (χ0n) is 10.7.